The van der Waals surface area contributed by atoms with Crippen molar-refractivity contribution in [1.82, 2.24) is 0 Å². The van der Waals surface area contributed by atoms with Gasteiger partial charge in [0.25, 0.3) is 0 Å². The third kappa shape index (κ3) is 59.7. The molecule has 0 aromatic heterocycles. The van der Waals surface area contributed by atoms with Gasteiger partial charge in [0.1, 0.15) is 19.3 Å². The zero-order valence-corrected chi connectivity index (χ0v) is 57.7. The first-order valence-electron chi connectivity index (χ1n) is 34.7. The molecule has 0 spiro atoms. The summed E-state index contributed by atoms with van der Waals surface area (Å²) in [6, 6.07) is 0. The van der Waals surface area contributed by atoms with Gasteiger partial charge in [-0.1, -0.05) is 274 Å². The molecule has 0 amide bonds. The Morgan fingerprint density at radius 2 is 0.558 bits per heavy atom. The Kier molecular flexibility index (Phi) is 55.7. The van der Waals surface area contributed by atoms with Crippen molar-refractivity contribution >= 4 is 39.5 Å². The van der Waals surface area contributed by atoms with Crippen molar-refractivity contribution in [3.8, 4) is 0 Å². The number of carbonyl (C=O) groups excluding carboxylic acids is 4. The summed E-state index contributed by atoms with van der Waals surface area (Å²) in [5.74, 6) is 0.761. The molecule has 4 unspecified atom stereocenters. The average Bonchev–Trinajstić information content (AvgIpc) is 3.60. The van der Waals surface area contributed by atoms with Crippen molar-refractivity contribution in [3.05, 3.63) is 0 Å². The van der Waals surface area contributed by atoms with E-state index in [-0.39, 0.29) is 25.7 Å². The maximum Gasteiger partial charge on any atom is 0.472 e. The Hall–Kier alpha value is -1.94. The monoisotopic (exact) mass is 1270 g/mol. The molecule has 6 atom stereocenters. The summed E-state index contributed by atoms with van der Waals surface area (Å²) in [5, 5.41) is 10.5. The molecule has 0 saturated carbocycles. The van der Waals surface area contributed by atoms with Crippen molar-refractivity contribution in [3.63, 3.8) is 0 Å². The van der Waals surface area contributed by atoms with Crippen LogP contribution in [0.25, 0.3) is 0 Å². The fourth-order valence-electron chi connectivity index (χ4n) is 9.93. The number of esters is 4. The fraction of sp³-hybridized carbons (Fsp3) is 0.940. The van der Waals surface area contributed by atoms with Crippen LogP contribution in [0.5, 0.6) is 0 Å². The van der Waals surface area contributed by atoms with E-state index < -0.39 is 97.5 Å². The SMILES string of the molecule is CCC(C)CCCCCCCCC(=O)OC[C@H](COP(=O)(O)OCC(O)COP(=O)(O)OC[C@@H](COC(=O)CCCCCCCCCC(C)C)OC(=O)CCCCCCCCC(C)C)OC(=O)CCCCCCCCCCCCCCCCC(C)C. The molecule has 510 valence electrons. The number of rotatable bonds is 64. The highest BCUT2D eigenvalue weighted by atomic mass is 31.2. The summed E-state index contributed by atoms with van der Waals surface area (Å²) in [7, 11) is -9.89. The first-order chi connectivity index (χ1) is 41.1. The summed E-state index contributed by atoms with van der Waals surface area (Å²) in [5.41, 5.74) is 0. The zero-order valence-electron chi connectivity index (χ0n) is 55.9. The predicted octanol–water partition coefficient (Wildman–Crippen LogP) is 18.5. The van der Waals surface area contributed by atoms with Crippen molar-refractivity contribution in [2.75, 3.05) is 39.6 Å². The number of phosphoric ester groups is 2. The van der Waals surface area contributed by atoms with Gasteiger partial charge in [-0.15, -0.1) is 0 Å². The molecule has 0 aromatic rings. The molecule has 0 rings (SSSR count). The molecule has 0 radical (unpaired) electrons. The normalized spacial score (nSPS) is 14.7. The van der Waals surface area contributed by atoms with E-state index in [4.69, 9.17) is 37.0 Å². The molecule has 86 heavy (non-hydrogen) atoms. The first-order valence-corrected chi connectivity index (χ1v) is 37.7. The lowest BCUT2D eigenvalue weighted by molar-refractivity contribution is -0.161. The number of hydrogen-bond acceptors (Lipinski definition) is 15. The van der Waals surface area contributed by atoms with E-state index in [1.807, 2.05) is 0 Å². The van der Waals surface area contributed by atoms with Crippen LogP contribution in [0.4, 0.5) is 0 Å². The number of carbonyl (C=O) groups is 4. The van der Waals surface area contributed by atoms with Gasteiger partial charge in [-0.05, 0) is 49.4 Å². The van der Waals surface area contributed by atoms with Gasteiger partial charge in [-0.2, -0.15) is 0 Å². The summed E-state index contributed by atoms with van der Waals surface area (Å²) >= 11 is 0. The summed E-state index contributed by atoms with van der Waals surface area (Å²) in [4.78, 5) is 72.3. The Balaban J connectivity index is 5.21. The lowest BCUT2D eigenvalue weighted by atomic mass is 10.00. The zero-order chi connectivity index (χ0) is 63.9. The first kappa shape index (κ1) is 84.1. The predicted molar refractivity (Wildman–Crippen MR) is 344 cm³/mol. The van der Waals surface area contributed by atoms with Crippen LogP contribution >= 0.6 is 15.6 Å². The van der Waals surface area contributed by atoms with Crippen LogP contribution in [0.3, 0.4) is 0 Å². The molecule has 0 fully saturated rings. The molecule has 0 aliphatic rings. The van der Waals surface area contributed by atoms with Gasteiger partial charge >= 0.3 is 39.5 Å². The lowest BCUT2D eigenvalue weighted by Gasteiger charge is -2.21. The van der Waals surface area contributed by atoms with Crippen LogP contribution in [0.2, 0.25) is 0 Å². The molecule has 19 heteroatoms. The maximum absolute atomic E-state index is 13.0. The molecule has 0 bridgehead atoms. The number of ether oxygens (including phenoxy) is 4. The highest BCUT2D eigenvalue weighted by molar-refractivity contribution is 7.47. The third-order valence-corrected chi connectivity index (χ3v) is 17.6. The maximum atomic E-state index is 13.0. The number of aliphatic hydroxyl groups excluding tert-OH is 1. The van der Waals surface area contributed by atoms with Crippen LogP contribution in [0, 0.1) is 23.7 Å². The minimum atomic E-state index is -4.95. The second-order valence-electron chi connectivity index (χ2n) is 25.9. The van der Waals surface area contributed by atoms with Crippen LogP contribution < -0.4 is 0 Å². The fourth-order valence-corrected chi connectivity index (χ4v) is 11.5. The van der Waals surface area contributed by atoms with E-state index in [0.717, 1.165) is 115 Å². The minimum Gasteiger partial charge on any atom is -0.462 e. The third-order valence-electron chi connectivity index (χ3n) is 15.7. The Labute approximate surface area is 524 Å². The largest absolute Gasteiger partial charge is 0.472 e. The van der Waals surface area contributed by atoms with Crippen LogP contribution in [-0.4, -0.2) is 96.7 Å². The van der Waals surface area contributed by atoms with Crippen LogP contribution in [-0.2, 0) is 65.4 Å². The molecule has 3 N–H and O–H groups in total. The standard InChI is InChI=1S/C67H130O17P2/c1-9-60(8)46-38-30-24-26-32-40-48-65(70)78-54-62(83-66(71)49-41-33-21-17-15-13-11-10-12-14-16-19-27-35-43-57(2)3)55-81-85(73,74)79-51-61(68)52-80-86(75,76)82-56-63(84-67(72)50-42-34-25-23-29-37-45-59(6)7)53-77-64(69)47-39-31-22-18-20-28-36-44-58(4)5/h57-63,68H,9-56H2,1-8H3,(H,73,74)(H,75,76)/t60?,61?,62-,63-/m1/s1. The quantitative estimate of drug-likeness (QED) is 0.0222. The van der Waals surface area contributed by atoms with Crippen molar-refractivity contribution in [2.24, 2.45) is 23.7 Å². The molecule has 17 nitrogen and oxygen atoms in total. The summed E-state index contributed by atoms with van der Waals surface area (Å²) in [6.07, 6.45) is 37.9. The molecule has 0 aliphatic heterocycles. The van der Waals surface area contributed by atoms with Gasteiger partial charge in [0, 0.05) is 25.7 Å². The highest BCUT2D eigenvalue weighted by Crippen LogP contribution is 2.45. The van der Waals surface area contributed by atoms with E-state index in [9.17, 15) is 43.2 Å². The van der Waals surface area contributed by atoms with Crippen molar-refractivity contribution < 1.29 is 80.2 Å². The number of phosphoric acid groups is 2. The van der Waals surface area contributed by atoms with Gasteiger partial charge in [0.05, 0.1) is 26.4 Å². The van der Waals surface area contributed by atoms with E-state index in [1.165, 1.54) is 116 Å². The van der Waals surface area contributed by atoms with E-state index in [0.29, 0.717) is 37.5 Å². The second kappa shape index (κ2) is 57.0. The van der Waals surface area contributed by atoms with E-state index in [2.05, 4.69) is 55.4 Å². The Morgan fingerprint density at radius 1 is 0.326 bits per heavy atom. The van der Waals surface area contributed by atoms with Gasteiger partial charge in [-0.25, -0.2) is 9.13 Å². The number of unbranched alkanes of at least 4 members (excludes halogenated alkanes) is 29. The number of hydrogen-bond donors (Lipinski definition) is 3. The Bertz CT molecular complexity index is 1720. The molecular formula is C67H130O17P2. The van der Waals surface area contributed by atoms with Crippen molar-refractivity contribution in [1.29, 1.82) is 0 Å². The highest BCUT2D eigenvalue weighted by Gasteiger charge is 2.30. The second-order valence-corrected chi connectivity index (χ2v) is 28.8. The minimum absolute atomic E-state index is 0.101. The van der Waals surface area contributed by atoms with Crippen LogP contribution in [0.15, 0.2) is 0 Å². The molecule has 0 aliphatic carbocycles. The molecular weight excluding hydrogens is 1140 g/mol. The lowest BCUT2D eigenvalue weighted by Crippen LogP contribution is -2.30. The smallest absolute Gasteiger partial charge is 0.462 e. The molecule has 0 heterocycles. The van der Waals surface area contributed by atoms with Gasteiger partial charge in [0.2, 0.25) is 0 Å². The summed E-state index contributed by atoms with van der Waals surface area (Å²) in [6.45, 7) is 14.0. The average molecular weight is 1270 g/mol. The molecule has 0 saturated heterocycles. The van der Waals surface area contributed by atoms with Crippen LogP contribution in [0.1, 0.15) is 325 Å². The van der Waals surface area contributed by atoms with Gasteiger partial charge < -0.3 is 33.8 Å². The van der Waals surface area contributed by atoms with Gasteiger partial charge in [-0.3, -0.25) is 37.3 Å². The summed E-state index contributed by atoms with van der Waals surface area (Å²) < 4.78 is 68.1. The van der Waals surface area contributed by atoms with E-state index >= 15 is 0 Å². The molecule has 0 aromatic carbocycles. The number of aliphatic hydroxyl groups is 1. The van der Waals surface area contributed by atoms with Crippen molar-refractivity contribution in [2.45, 2.75) is 343 Å². The van der Waals surface area contributed by atoms with Gasteiger partial charge in [0.15, 0.2) is 12.2 Å². The van der Waals surface area contributed by atoms with E-state index in [1.54, 1.807) is 0 Å². The topological polar surface area (TPSA) is 237 Å². The Morgan fingerprint density at radius 3 is 0.826 bits per heavy atom.